The van der Waals surface area contributed by atoms with Crippen molar-refractivity contribution in [1.82, 2.24) is 10.3 Å². The third-order valence-electron chi connectivity index (χ3n) is 5.53. The summed E-state index contributed by atoms with van der Waals surface area (Å²) in [6.07, 6.45) is 7.28. The number of hydrogen-bond donors (Lipinski definition) is 1. The lowest BCUT2D eigenvalue weighted by Gasteiger charge is -2.35. The molecule has 0 radical (unpaired) electrons. The Balaban J connectivity index is 2.16. The summed E-state index contributed by atoms with van der Waals surface area (Å²) in [4.78, 5) is 4.09. The molecule has 1 aromatic rings. The lowest BCUT2D eigenvalue weighted by Crippen LogP contribution is -2.41. The first-order valence-electron chi connectivity index (χ1n) is 9.22. The first-order chi connectivity index (χ1) is 11.5. The Labute approximate surface area is 157 Å². The van der Waals surface area contributed by atoms with Crippen LogP contribution in [0.3, 0.4) is 0 Å². The van der Waals surface area contributed by atoms with Gasteiger partial charge in [-0.15, -0.1) is 0 Å². The molecule has 0 aliphatic heterocycles. The van der Waals surface area contributed by atoms with Crippen LogP contribution in [0.2, 0.25) is 28.2 Å². The van der Waals surface area contributed by atoms with E-state index in [1.165, 1.54) is 19.3 Å². The lowest BCUT2D eigenvalue weighted by molar-refractivity contribution is 0.179. The molecule has 1 heterocycles. The molecule has 1 atom stereocenters. The highest BCUT2D eigenvalue weighted by atomic mass is 35.5. The largest absolute Gasteiger partial charge is 0.409 e. The van der Waals surface area contributed by atoms with Gasteiger partial charge in [0, 0.05) is 24.5 Å². The van der Waals surface area contributed by atoms with Crippen LogP contribution in [0.4, 0.5) is 0 Å². The third kappa shape index (κ3) is 4.95. The molecule has 136 valence electrons. The maximum Gasteiger partial charge on any atom is 0.192 e. The lowest BCUT2D eigenvalue weighted by atomic mass is 9.85. The van der Waals surface area contributed by atoms with Gasteiger partial charge in [-0.25, -0.2) is 0 Å². The Hall–Kier alpha value is -0.133. The quantitative estimate of drug-likeness (QED) is 0.511. The smallest absolute Gasteiger partial charge is 0.192 e. The summed E-state index contributed by atoms with van der Waals surface area (Å²) in [5.74, 6) is 0.819. The van der Waals surface area contributed by atoms with E-state index in [0.717, 1.165) is 42.7 Å². The van der Waals surface area contributed by atoms with E-state index in [1.807, 2.05) is 0 Å². The van der Waals surface area contributed by atoms with Crippen molar-refractivity contribution in [2.45, 2.75) is 64.3 Å². The van der Waals surface area contributed by atoms with Crippen LogP contribution in [0.5, 0.6) is 0 Å². The van der Waals surface area contributed by atoms with Crippen molar-refractivity contribution in [3.8, 4) is 0 Å². The van der Waals surface area contributed by atoms with Crippen molar-refractivity contribution in [3.05, 3.63) is 28.0 Å². The predicted octanol–water partition coefficient (Wildman–Crippen LogP) is 5.84. The fourth-order valence-corrected chi connectivity index (χ4v) is 6.76. The number of halogens is 2. The van der Waals surface area contributed by atoms with E-state index in [2.05, 4.69) is 31.1 Å². The molecule has 1 fully saturated rings. The zero-order valence-corrected chi connectivity index (χ0v) is 17.6. The Morgan fingerprint density at radius 2 is 1.75 bits per heavy atom. The van der Waals surface area contributed by atoms with Gasteiger partial charge in [0.1, 0.15) is 0 Å². The number of nitrogens with zero attached hydrogens (tertiary/aromatic N) is 1. The normalized spacial score (nSPS) is 16.9. The van der Waals surface area contributed by atoms with E-state index in [-0.39, 0.29) is 6.10 Å². The summed E-state index contributed by atoms with van der Waals surface area (Å²) >= 11 is 12.8. The average molecular weight is 389 g/mol. The van der Waals surface area contributed by atoms with Crippen LogP contribution in [0.25, 0.3) is 0 Å². The summed E-state index contributed by atoms with van der Waals surface area (Å²) in [7, 11) is -1.76. The minimum atomic E-state index is -1.76. The minimum Gasteiger partial charge on any atom is -0.409 e. The van der Waals surface area contributed by atoms with Gasteiger partial charge in [0.15, 0.2) is 8.32 Å². The molecular weight excluding hydrogens is 359 g/mol. The van der Waals surface area contributed by atoms with Gasteiger partial charge in [0.2, 0.25) is 0 Å². The van der Waals surface area contributed by atoms with Gasteiger partial charge in [-0.05, 0) is 43.4 Å². The van der Waals surface area contributed by atoms with Crippen molar-refractivity contribution < 1.29 is 4.43 Å². The SMILES string of the molecule is CC[Si](CC)(CC)OC(CNCC1CCC1)c1c(Cl)cncc1Cl. The molecule has 2 rings (SSSR count). The Bertz CT molecular complexity index is 493. The van der Waals surface area contributed by atoms with Crippen LogP contribution in [-0.4, -0.2) is 26.4 Å². The van der Waals surface area contributed by atoms with Gasteiger partial charge < -0.3 is 9.74 Å². The van der Waals surface area contributed by atoms with Crippen LogP contribution in [0.15, 0.2) is 12.4 Å². The van der Waals surface area contributed by atoms with Crippen molar-refractivity contribution >= 4 is 31.5 Å². The molecule has 1 aromatic heterocycles. The summed E-state index contributed by atoms with van der Waals surface area (Å²) in [6.45, 7) is 8.54. The predicted molar refractivity (Wildman–Crippen MR) is 105 cm³/mol. The first kappa shape index (κ1) is 20.2. The Kier molecular flexibility index (Phi) is 8.02. The minimum absolute atomic E-state index is 0.0976. The highest BCUT2D eigenvalue weighted by molar-refractivity contribution is 6.73. The number of rotatable bonds is 10. The van der Waals surface area contributed by atoms with E-state index >= 15 is 0 Å². The molecular formula is C18H30Cl2N2OSi. The van der Waals surface area contributed by atoms with Crippen molar-refractivity contribution in [2.24, 2.45) is 5.92 Å². The highest BCUT2D eigenvalue weighted by Gasteiger charge is 2.34. The third-order valence-corrected chi connectivity index (χ3v) is 10.8. The zero-order chi connectivity index (χ0) is 17.6. The maximum atomic E-state index is 6.75. The zero-order valence-electron chi connectivity index (χ0n) is 15.1. The second kappa shape index (κ2) is 9.53. The number of aromatic nitrogens is 1. The standard InChI is InChI=1S/C18H30Cl2N2OSi/c1-4-24(5-2,6-3)23-17(13-21-10-14-8-7-9-14)18-15(19)11-22-12-16(18)20/h11-12,14,17,21H,4-10,13H2,1-3H3. The summed E-state index contributed by atoms with van der Waals surface area (Å²) in [5, 5.41) is 4.80. The Morgan fingerprint density at radius 3 is 2.21 bits per heavy atom. The average Bonchev–Trinajstić information content (AvgIpc) is 2.54. The fourth-order valence-electron chi connectivity index (χ4n) is 3.35. The molecule has 1 saturated carbocycles. The molecule has 0 amide bonds. The first-order valence-corrected chi connectivity index (χ1v) is 12.5. The molecule has 6 heteroatoms. The van der Waals surface area contributed by atoms with Gasteiger partial charge in [0.25, 0.3) is 0 Å². The molecule has 0 aromatic carbocycles. The second-order valence-corrected chi connectivity index (χ2v) is 12.4. The molecule has 0 spiro atoms. The van der Waals surface area contributed by atoms with Crippen molar-refractivity contribution in [1.29, 1.82) is 0 Å². The summed E-state index contributed by atoms with van der Waals surface area (Å²) in [6, 6.07) is 3.33. The van der Waals surface area contributed by atoms with Gasteiger partial charge in [-0.1, -0.05) is 50.4 Å². The van der Waals surface area contributed by atoms with E-state index < -0.39 is 8.32 Å². The van der Waals surface area contributed by atoms with Gasteiger partial charge >= 0.3 is 0 Å². The summed E-state index contributed by atoms with van der Waals surface area (Å²) < 4.78 is 6.75. The Morgan fingerprint density at radius 1 is 1.17 bits per heavy atom. The topological polar surface area (TPSA) is 34.1 Å². The highest BCUT2D eigenvalue weighted by Crippen LogP contribution is 2.36. The molecule has 0 bridgehead atoms. The maximum absolute atomic E-state index is 6.75. The van der Waals surface area contributed by atoms with E-state index in [4.69, 9.17) is 27.6 Å². The summed E-state index contributed by atoms with van der Waals surface area (Å²) in [5.41, 5.74) is 0.890. The fraction of sp³-hybridized carbons (Fsp3) is 0.722. The van der Waals surface area contributed by atoms with Crippen LogP contribution < -0.4 is 5.32 Å². The molecule has 0 saturated heterocycles. The molecule has 1 aliphatic rings. The molecule has 1 N–H and O–H groups in total. The van der Waals surface area contributed by atoms with Crippen molar-refractivity contribution in [2.75, 3.05) is 13.1 Å². The molecule has 1 unspecified atom stereocenters. The number of hydrogen-bond acceptors (Lipinski definition) is 3. The van der Waals surface area contributed by atoms with Crippen LogP contribution in [0, 0.1) is 5.92 Å². The van der Waals surface area contributed by atoms with Crippen LogP contribution >= 0.6 is 23.2 Å². The second-order valence-electron chi connectivity index (χ2n) is 6.82. The molecule has 1 aliphatic carbocycles. The van der Waals surface area contributed by atoms with E-state index in [9.17, 15) is 0 Å². The van der Waals surface area contributed by atoms with Gasteiger partial charge in [0.05, 0.1) is 16.1 Å². The number of nitrogens with one attached hydrogen (secondary N) is 1. The van der Waals surface area contributed by atoms with Gasteiger partial charge in [-0.3, -0.25) is 4.98 Å². The van der Waals surface area contributed by atoms with Crippen LogP contribution in [0.1, 0.15) is 51.7 Å². The van der Waals surface area contributed by atoms with E-state index in [1.54, 1.807) is 12.4 Å². The van der Waals surface area contributed by atoms with Crippen molar-refractivity contribution in [3.63, 3.8) is 0 Å². The monoisotopic (exact) mass is 388 g/mol. The van der Waals surface area contributed by atoms with Crippen LogP contribution in [-0.2, 0) is 4.43 Å². The van der Waals surface area contributed by atoms with Gasteiger partial charge in [-0.2, -0.15) is 0 Å². The number of pyridine rings is 1. The molecule has 24 heavy (non-hydrogen) atoms. The molecule has 3 nitrogen and oxygen atoms in total. The van der Waals surface area contributed by atoms with E-state index in [0.29, 0.717) is 10.0 Å².